The Morgan fingerprint density at radius 1 is 1.64 bits per heavy atom. The molecule has 0 aromatic heterocycles. The average Bonchev–Trinajstić information content (AvgIpc) is 2.05. The van der Waals surface area contributed by atoms with Crippen LogP contribution in [0.15, 0.2) is 36.0 Å². The second kappa shape index (κ2) is 5.49. The van der Waals surface area contributed by atoms with Gasteiger partial charge in [-0.25, -0.2) is 0 Å². The predicted molar refractivity (Wildman–Crippen MR) is 47.9 cm³/mol. The molecule has 0 rings (SSSR count). The molecule has 1 heteroatoms. The molecule has 11 heavy (non-hydrogen) atoms. The van der Waals surface area contributed by atoms with E-state index in [4.69, 9.17) is 5.26 Å². The Kier molecular flexibility index (Phi) is 4.85. The first-order valence-electron chi connectivity index (χ1n) is 3.68. The standard InChI is InChI=1S/C10H13N/c1-4-7-9(5-2)10(6-3)8-11/h4,6-7H,3,5H2,1-2H3/b7-4-,10-9+. The van der Waals surface area contributed by atoms with Crippen molar-refractivity contribution in [3.63, 3.8) is 0 Å². The molecule has 0 N–H and O–H groups in total. The Balaban J connectivity index is 4.80. The predicted octanol–water partition coefficient (Wildman–Crippen LogP) is 2.98. The Morgan fingerprint density at radius 2 is 2.27 bits per heavy atom. The third-order valence-corrected chi connectivity index (χ3v) is 1.42. The lowest BCUT2D eigenvalue weighted by Gasteiger charge is -1.96. The van der Waals surface area contributed by atoms with E-state index in [1.807, 2.05) is 26.0 Å². The normalized spacial score (nSPS) is 12.5. The molecule has 0 unspecified atom stereocenters. The minimum absolute atomic E-state index is 0.672. The molecule has 0 radical (unpaired) electrons. The van der Waals surface area contributed by atoms with E-state index in [1.54, 1.807) is 6.08 Å². The van der Waals surface area contributed by atoms with E-state index in [0.717, 1.165) is 12.0 Å². The van der Waals surface area contributed by atoms with E-state index in [-0.39, 0.29) is 0 Å². The SMILES string of the molecule is C=C/C(C#N)=C(\C=C/C)CC. The fraction of sp³-hybridized carbons (Fsp3) is 0.300. The molecule has 1 nitrogen and oxygen atoms in total. The van der Waals surface area contributed by atoms with Crippen molar-refractivity contribution in [1.82, 2.24) is 0 Å². The fourth-order valence-electron chi connectivity index (χ4n) is 0.848. The summed E-state index contributed by atoms with van der Waals surface area (Å²) in [5, 5.41) is 8.64. The molecule has 0 heterocycles. The molecule has 0 amide bonds. The van der Waals surface area contributed by atoms with E-state index >= 15 is 0 Å². The quantitative estimate of drug-likeness (QED) is 0.444. The zero-order valence-electron chi connectivity index (χ0n) is 7.09. The van der Waals surface area contributed by atoms with E-state index in [0.29, 0.717) is 5.57 Å². The van der Waals surface area contributed by atoms with E-state index in [2.05, 4.69) is 12.6 Å². The lowest BCUT2D eigenvalue weighted by atomic mass is 10.1. The molecule has 0 aliphatic heterocycles. The maximum Gasteiger partial charge on any atom is 0.0994 e. The van der Waals surface area contributed by atoms with Crippen molar-refractivity contribution in [2.24, 2.45) is 0 Å². The van der Waals surface area contributed by atoms with Crippen molar-refractivity contribution in [1.29, 1.82) is 5.26 Å². The van der Waals surface area contributed by atoms with Gasteiger partial charge in [0.25, 0.3) is 0 Å². The van der Waals surface area contributed by atoms with E-state index < -0.39 is 0 Å². The summed E-state index contributed by atoms with van der Waals surface area (Å²) in [6.07, 6.45) is 6.35. The molecule has 0 spiro atoms. The van der Waals surface area contributed by atoms with Crippen LogP contribution in [0.5, 0.6) is 0 Å². The van der Waals surface area contributed by atoms with Crippen molar-refractivity contribution < 1.29 is 0 Å². The second-order valence-corrected chi connectivity index (χ2v) is 2.11. The first-order valence-corrected chi connectivity index (χ1v) is 3.68. The summed E-state index contributed by atoms with van der Waals surface area (Å²) in [6, 6.07) is 2.10. The number of hydrogen-bond donors (Lipinski definition) is 0. The van der Waals surface area contributed by atoms with E-state index in [1.165, 1.54) is 0 Å². The molecule has 58 valence electrons. The minimum atomic E-state index is 0.672. The Labute approximate surface area is 68.3 Å². The fourth-order valence-corrected chi connectivity index (χ4v) is 0.848. The summed E-state index contributed by atoms with van der Waals surface area (Å²) in [6.45, 7) is 7.53. The smallest absolute Gasteiger partial charge is 0.0994 e. The highest BCUT2D eigenvalue weighted by atomic mass is 14.2. The van der Waals surface area contributed by atoms with E-state index in [9.17, 15) is 0 Å². The van der Waals surface area contributed by atoms with Crippen LogP contribution in [-0.4, -0.2) is 0 Å². The molecule has 0 saturated carbocycles. The maximum atomic E-state index is 8.64. The van der Waals surface area contributed by atoms with Crippen LogP contribution in [-0.2, 0) is 0 Å². The highest BCUT2D eigenvalue weighted by Crippen LogP contribution is 2.10. The van der Waals surface area contributed by atoms with Crippen molar-refractivity contribution >= 4 is 0 Å². The summed E-state index contributed by atoms with van der Waals surface area (Å²) < 4.78 is 0. The molecule has 0 fully saturated rings. The molecule has 0 aromatic rings. The van der Waals surface area contributed by atoms with Crippen molar-refractivity contribution in [2.45, 2.75) is 20.3 Å². The topological polar surface area (TPSA) is 23.8 Å². The van der Waals surface area contributed by atoms with Crippen molar-refractivity contribution in [3.05, 3.63) is 36.0 Å². The van der Waals surface area contributed by atoms with Crippen LogP contribution in [0.1, 0.15) is 20.3 Å². The van der Waals surface area contributed by atoms with Crippen molar-refractivity contribution in [2.75, 3.05) is 0 Å². The first-order chi connectivity index (χ1) is 5.29. The second-order valence-electron chi connectivity index (χ2n) is 2.11. The van der Waals surface area contributed by atoms with Gasteiger partial charge in [-0.05, 0) is 18.9 Å². The molecule has 0 aromatic carbocycles. The van der Waals surface area contributed by atoms with Gasteiger partial charge in [0, 0.05) is 0 Å². The Morgan fingerprint density at radius 3 is 2.55 bits per heavy atom. The van der Waals surface area contributed by atoms with Crippen LogP contribution in [0.25, 0.3) is 0 Å². The third kappa shape index (κ3) is 2.86. The Bertz CT molecular complexity index is 226. The molecule has 0 saturated heterocycles. The van der Waals surface area contributed by atoms with Gasteiger partial charge in [0.15, 0.2) is 0 Å². The molecule has 0 aliphatic rings. The molecule has 0 aliphatic carbocycles. The van der Waals surface area contributed by atoms with Gasteiger partial charge in [-0.1, -0.05) is 31.7 Å². The van der Waals surface area contributed by atoms with Gasteiger partial charge in [-0.15, -0.1) is 0 Å². The summed E-state index contributed by atoms with van der Waals surface area (Å²) in [5.74, 6) is 0. The molecular weight excluding hydrogens is 134 g/mol. The number of nitriles is 1. The van der Waals surface area contributed by atoms with Gasteiger partial charge in [-0.2, -0.15) is 5.26 Å². The minimum Gasteiger partial charge on any atom is -0.192 e. The molecule has 0 bridgehead atoms. The van der Waals surface area contributed by atoms with Crippen molar-refractivity contribution in [3.8, 4) is 6.07 Å². The zero-order chi connectivity index (χ0) is 8.69. The number of nitrogens with zero attached hydrogens (tertiary/aromatic N) is 1. The third-order valence-electron chi connectivity index (χ3n) is 1.42. The highest BCUT2D eigenvalue weighted by molar-refractivity contribution is 5.41. The summed E-state index contributed by atoms with van der Waals surface area (Å²) in [7, 11) is 0. The summed E-state index contributed by atoms with van der Waals surface area (Å²) in [4.78, 5) is 0. The summed E-state index contributed by atoms with van der Waals surface area (Å²) in [5.41, 5.74) is 1.72. The number of allylic oxidation sites excluding steroid dienone is 5. The van der Waals surface area contributed by atoms with Gasteiger partial charge >= 0.3 is 0 Å². The largest absolute Gasteiger partial charge is 0.192 e. The monoisotopic (exact) mass is 147 g/mol. The van der Waals surface area contributed by atoms with Crippen LogP contribution in [0, 0.1) is 11.3 Å². The van der Waals surface area contributed by atoms with Crippen LogP contribution in [0.4, 0.5) is 0 Å². The van der Waals surface area contributed by atoms with Crippen LogP contribution >= 0.6 is 0 Å². The highest BCUT2D eigenvalue weighted by Gasteiger charge is 1.95. The lowest BCUT2D eigenvalue weighted by molar-refractivity contribution is 1.13. The van der Waals surface area contributed by atoms with Gasteiger partial charge in [-0.3, -0.25) is 0 Å². The van der Waals surface area contributed by atoms with Gasteiger partial charge in [0.2, 0.25) is 0 Å². The van der Waals surface area contributed by atoms with Gasteiger partial charge < -0.3 is 0 Å². The summed E-state index contributed by atoms with van der Waals surface area (Å²) >= 11 is 0. The Hall–Kier alpha value is -1.29. The molecular formula is C10H13N. The number of hydrogen-bond acceptors (Lipinski definition) is 1. The van der Waals surface area contributed by atoms with Crippen LogP contribution < -0.4 is 0 Å². The maximum absolute atomic E-state index is 8.64. The van der Waals surface area contributed by atoms with Crippen LogP contribution in [0.3, 0.4) is 0 Å². The first kappa shape index (κ1) is 9.71. The average molecular weight is 147 g/mol. The lowest BCUT2D eigenvalue weighted by Crippen LogP contribution is -1.81. The van der Waals surface area contributed by atoms with Gasteiger partial charge in [0.05, 0.1) is 11.6 Å². The van der Waals surface area contributed by atoms with Crippen LogP contribution in [0.2, 0.25) is 0 Å². The van der Waals surface area contributed by atoms with Gasteiger partial charge in [0.1, 0.15) is 0 Å². The zero-order valence-corrected chi connectivity index (χ0v) is 7.09. The number of rotatable bonds is 3. The molecule has 0 atom stereocenters.